The monoisotopic (exact) mass is 404 g/mol. The summed E-state index contributed by atoms with van der Waals surface area (Å²) in [4.78, 5) is 43.6. The number of aryl methyl sites for hydroxylation is 1. The van der Waals surface area contributed by atoms with E-state index in [0.29, 0.717) is 12.1 Å². The van der Waals surface area contributed by atoms with Gasteiger partial charge in [-0.05, 0) is 37.6 Å². The minimum atomic E-state index is -0.302. The molecule has 0 aliphatic carbocycles. The van der Waals surface area contributed by atoms with Gasteiger partial charge in [0.1, 0.15) is 6.54 Å². The van der Waals surface area contributed by atoms with Gasteiger partial charge in [-0.25, -0.2) is 9.78 Å². The second-order valence-corrected chi connectivity index (χ2v) is 8.40. The summed E-state index contributed by atoms with van der Waals surface area (Å²) in [5.74, 6) is -0.357. The average molecular weight is 405 g/mol. The number of aromatic nitrogens is 1. The molecule has 2 heterocycles. The van der Waals surface area contributed by atoms with Gasteiger partial charge in [0.25, 0.3) is 0 Å². The van der Waals surface area contributed by atoms with E-state index >= 15 is 0 Å². The fraction of sp³-hybridized carbons (Fsp3) is 0.333. The van der Waals surface area contributed by atoms with Crippen LogP contribution in [0.4, 0.5) is 10.5 Å². The third-order valence-corrected chi connectivity index (χ3v) is 6.02. The minimum Gasteiger partial charge on any atom is -0.326 e. The van der Waals surface area contributed by atoms with E-state index in [-0.39, 0.29) is 37.4 Å². The molecule has 9 heteroatoms. The summed E-state index contributed by atoms with van der Waals surface area (Å²) in [7, 11) is 1.59. The Morgan fingerprint density at radius 2 is 2.04 bits per heavy atom. The van der Waals surface area contributed by atoms with Gasteiger partial charge in [0.2, 0.25) is 11.8 Å². The normalized spacial score (nSPS) is 14.1. The number of hydrogen-bond acceptors (Lipinski definition) is 6. The highest BCUT2D eigenvalue weighted by molar-refractivity contribution is 8.01. The van der Waals surface area contributed by atoms with Crippen molar-refractivity contribution in [3.05, 3.63) is 35.3 Å². The molecule has 1 aliphatic heterocycles. The van der Waals surface area contributed by atoms with Gasteiger partial charge in [-0.3, -0.25) is 14.5 Å². The number of carbonyl (C=O) groups excluding carboxylic acids is 3. The van der Waals surface area contributed by atoms with Crippen LogP contribution in [0.5, 0.6) is 0 Å². The number of anilines is 1. The van der Waals surface area contributed by atoms with Crippen LogP contribution in [-0.4, -0.2) is 52.8 Å². The van der Waals surface area contributed by atoms with E-state index in [1.807, 2.05) is 36.6 Å². The number of benzene rings is 1. The Hall–Kier alpha value is -2.39. The summed E-state index contributed by atoms with van der Waals surface area (Å²) in [6.45, 7) is 2.33. The van der Waals surface area contributed by atoms with E-state index in [2.05, 4.69) is 10.3 Å². The average Bonchev–Trinajstić information content (AvgIpc) is 3.14. The Kier molecular flexibility index (Phi) is 6.12. The third kappa shape index (κ3) is 5.08. The summed E-state index contributed by atoms with van der Waals surface area (Å²) in [6, 6.07) is 7.28. The SMILES string of the molecule is Cc1csc(Sc2ccc(NC(=O)CCCN3C(=O)CN(C)C3=O)cc2)n1. The molecule has 1 fully saturated rings. The maximum atomic E-state index is 12.1. The summed E-state index contributed by atoms with van der Waals surface area (Å²) < 4.78 is 0.987. The number of urea groups is 1. The van der Waals surface area contributed by atoms with Crippen LogP contribution in [0.1, 0.15) is 18.5 Å². The first-order chi connectivity index (χ1) is 12.9. The van der Waals surface area contributed by atoms with Crippen LogP contribution in [0.2, 0.25) is 0 Å². The highest BCUT2D eigenvalue weighted by Gasteiger charge is 2.32. The molecule has 1 N–H and O–H groups in total. The lowest BCUT2D eigenvalue weighted by Gasteiger charge is -2.13. The van der Waals surface area contributed by atoms with Gasteiger partial charge in [0.15, 0.2) is 4.34 Å². The van der Waals surface area contributed by atoms with Gasteiger partial charge in [0, 0.05) is 41.7 Å². The van der Waals surface area contributed by atoms with Crippen LogP contribution in [0.3, 0.4) is 0 Å². The lowest BCUT2D eigenvalue weighted by molar-refractivity contribution is -0.125. The molecule has 7 nitrogen and oxygen atoms in total. The first kappa shape index (κ1) is 19.4. The molecule has 27 heavy (non-hydrogen) atoms. The minimum absolute atomic E-state index is 0.107. The van der Waals surface area contributed by atoms with Crippen LogP contribution in [0, 0.1) is 6.92 Å². The van der Waals surface area contributed by atoms with Crippen LogP contribution < -0.4 is 5.32 Å². The van der Waals surface area contributed by atoms with Crippen molar-refractivity contribution in [2.24, 2.45) is 0 Å². The molecule has 0 spiro atoms. The smallest absolute Gasteiger partial charge is 0.326 e. The van der Waals surface area contributed by atoms with Crippen molar-refractivity contribution in [3.8, 4) is 0 Å². The van der Waals surface area contributed by atoms with Gasteiger partial charge in [-0.1, -0.05) is 11.8 Å². The maximum absolute atomic E-state index is 12.1. The molecule has 1 aliphatic rings. The molecule has 0 bridgehead atoms. The van der Waals surface area contributed by atoms with E-state index in [4.69, 9.17) is 0 Å². The van der Waals surface area contributed by atoms with E-state index in [9.17, 15) is 14.4 Å². The van der Waals surface area contributed by atoms with Crippen molar-refractivity contribution in [3.63, 3.8) is 0 Å². The number of rotatable bonds is 7. The number of hydrogen-bond donors (Lipinski definition) is 1. The molecule has 3 rings (SSSR count). The molecule has 0 saturated carbocycles. The Morgan fingerprint density at radius 1 is 1.30 bits per heavy atom. The van der Waals surface area contributed by atoms with Gasteiger partial charge in [-0.15, -0.1) is 11.3 Å². The molecule has 1 aromatic carbocycles. The molecule has 4 amide bonds. The standard InChI is InChI=1S/C18H20N4O3S2/c1-12-11-26-17(19-12)27-14-7-5-13(6-8-14)20-15(23)4-3-9-22-16(24)10-21(2)18(22)25/h5-8,11H,3-4,9-10H2,1-2H3,(H,20,23). The fourth-order valence-corrected chi connectivity index (χ4v) is 4.41. The number of likely N-dealkylation sites (N-methyl/N-ethyl adjacent to an activating group) is 1. The molecule has 0 unspecified atom stereocenters. The Morgan fingerprint density at radius 3 is 2.63 bits per heavy atom. The Balaban J connectivity index is 1.44. The van der Waals surface area contributed by atoms with Crippen molar-refractivity contribution in [2.45, 2.75) is 29.0 Å². The van der Waals surface area contributed by atoms with Crippen molar-refractivity contribution in [1.82, 2.24) is 14.8 Å². The van der Waals surface area contributed by atoms with E-state index in [1.165, 1.54) is 9.80 Å². The lowest BCUT2D eigenvalue weighted by atomic mass is 10.2. The lowest BCUT2D eigenvalue weighted by Crippen LogP contribution is -2.32. The van der Waals surface area contributed by atoms with Crippen LogP contribution in [-0.2, 0) is 9.59 Å². The highest BCUT2D eigenvalue weighted by atomic mass is 32.2. The van der Waals surface area contributed by atoms with Gasteiger partial charge in [0.05, 0.1) is 0 Å². The maximum Gasteiger partial charge on any atom is 0.326 e. The Bertz CT molecular complexity index is 851. The van der Waals surface area contributed by atoms with Gasteiger partial charge in [-0.2, -0.15) is 0 Å². The fourth-order valence-electron chi connectivity index (χ4n) is 2.60. The first-order valence-electron chi connectivity index (χ1n) is 8.48. The summed E-state index contributed by atoms with van der Waals surface area (Å²) in [5.41, 5.74) is 1.73. The largest absolute Gasteiger partial charge is 0.326 e. The molecule has 142 valence electrons. The number of carbonyl (C=O) groups is 3. The quantitative estimate of drug-likeness (QED) is 0.717. The topological polar surface area (TPSA) is 82.6 Å². The van der Waals surface area contributed by atoms with Gasteiger partial charge < -0.3 is 10.2 Å². The highest BCUT2D eigenvalue weighted by Crippen LogP contribution is 2.30. The number of nitrogens with zero attached hydrogens (tertiary/aromatic N) is 3. The number of nitrogens with one attached hydrogen (secondary N) is 1. The van der Waals surface area contributed by atoms with Crippen molar-refractivity contribution in [2.75, 3.05) is 25.5 Å². The summed E-state index contributed by atoms with van der Waals surface area (Å²) >= 11 is 3.19. The second kappa shape index (κ2) is 8.53. The van der Waals surface area contributed by atoms with E-state index in [0.717, 1.165) is 14.9 Å². The van der Waals surface area contributed by atoms with Crippen molar-refractivity contribution in [1.29, 1.82) is 0 Å². The second-order valence-electron chi connectivity index (χ2n) is 6.22. The van der Waals surface area contributed by atoms with Crippen molar-refractivity contribution < 1.29 is 14.4 Å². The van der Waals surface area contributed by atoms with E-state index < -0.39 is 0 Å². The van der Waals surface area contributed by atoms with Crippen molar-refractivity contribution >= 4 is 46.6 Å². The molecule has 2 aromatic rings. The molecular formula is C18H20N4O3S2. The first-order valence-corrected chi connectivity index (χ1v) is 10.2. The number of thiazole rings is 1. The summed E-state index contributed by atoms with van der Waals surface area (Å²) in [5, 5.41) is 4.85. The molecule has 0 atom stereocenters. The zero-order chi connectivity index (χ0) is 19.4. The molecule has 1 aromatic heterocycles. The number of amides is 4. The number of imide groups is 1. The van der Waals surface area contributed by atoms with Crippen LogP contribution >= 0.6 is 23.1 Å². The van der Waals surface area contributed by atoms with Crippen LogP contribution in [0.15, 0.2) is 38.9 Å². The predicted octanol–water partition coefficient (Wildman–Crippen LogP) is 3.22. The zero-order valence-corrected chi connectivity index (χ0v) is 16.7. The van der Waals surface area contributed by atoms with Crippen LogP contribution in [0.25, 0.3) is 0 Å². The molecule has 0 radical (unpaired) electrons. The third-order valence-electron chi connectivity index (χ3n) is 3.96. The predicted molar refractivity (Wildman–Crippen MR) is 105 cm³/mol. The summed E-state index contributed by atoms with van der Waals surface area (Å²) in [6.07, 6.45) is 0.685. The molecule has 1 saturated heterocycles. The zero-order valence-electron chi connectivity index (χ0n) is 15.1. The van der Waals surface area contributed by atoms with Gasteiger partial charge >= 0.3 is 6.03 Å². The Labute approximate surface area is 165 Å². The van der Waals surface area contributed by atoms with E-state index in [1.54, 1.807) is 30.1 Å². The molecular weight excluding hydrogens is 384 g/mol.